The Morgan fingerprint density at radius 2 is 2.02 bits per heavy atom. The maximum Gasteiger partial charge on any atom is 0.246 e. The number of carbonyl (C=O) groups excluding carboxylic acids is 1. The Balaban J connectivity index is 1.16. The van der Waals surface area contributed by atoms with Gasteiger partial charge in [0.2, 0.25) is 5.91 Å². The van der Waals surface area contributed by atoms with Crippen molar-refractivity contribution in [1.82, 2.24) is 34.4 Å². The second-order valence-electron chi connectivity index (χ2n) is 10.6. The number of nitrogens with zero attached hydrogens (tertiary/aromatic N) is 7. The summed E-state index contributed by atoms with van der Waals surface area (Å²) in [5.74, 6) is 1.45. The Morgan fingerprint density at radius 3 is 2.85 bits per heavy atom. The van der Waals surface area contributed by atoms with Gasteiger partial charge >= 0.3 is 0 Å². The van der Waals surface area contributed by atoms with Gasteiger partial charge in [-0.05, 0) is 68.5 Å². The molecule has 1 aliphatic carbocycles. The molecule has 7 rings (SSSR count). The van der Waals surface area contributed by atoms with Gasteiger partial charge < -0.3 is 15.0 Å². The third kappa shape index (κ3) is 4.62. The summed E-state index contributed by atoms with van der Waals surface area (Å²) in [6.45, 7) is 5.94. The van der Waals surface area contributed by atoms with E-state index in [4.69, 9.17) is 9.72 Å². The van der Waals surface area contributed by atoms with E-state index in [1.807, 2.05) is 17.0 Å². The molecule has 41 heavy (non-hydrogen) atoms. The minimum Gasteiger partial charge on any atom is -0.457 e. The topological polar surface area (TPSA) is 110 Å². The molecule has 0 spiro atoms. The summed E-state index contributed by atoms with van der Waals surface area (Å²) < 4.78 is 23.2. The molecule has 1 aromatic carbocycles. The summed E-state index contributed by atoms with van der Waals surface area (Å²) in [7, 11) is 0. The Hall–Kier alpha value is -4.93. The second-order valence-corrected chi connectivity index (χ2v) is 10.6. The summed E-state index contributed by atoms with van der Waals surface area (Å²) in [6.07, 6.45) is 9.17. The fraction of sp³-hybridized carbons (Fsp3) is 0.267. The second kappa shape index (κ2) is 9.92. The molecule has 10 nitrogen and oxygen atoms in total. The van der Waals surface area contributed by atoms with Crippen molar-refractivity contribution in [2.45, 2.75) is 38.1 Å². The lowest BCUT2D eigenvalue weighted by molar-refractivity contribution is -0.127. The van der Waals surface area contributed by atoms with Crippen LogP contribution in [-0.2, 0) is 4.79 Å². The molecule has 11 heteroatoms. The van der Waals surface area contributed by atoms with Gasteiger partial charge in [-0.15, -0.1) is 0 Å². The summed E-state index contributed by atoms with van der Waals surface area (Å²) in [4.78, 5) is 32.3. The Bertz CT molecular complexity index is 1820. The van der Waals surface area contributed by atoms with Crippen LogP contribution < -0.4 is 10.1 Å². The van der Waals surface area contributed by atoms with Crippen LogP contribution in [0.4, 0.5) is 15.9 Å². The molecule has 5 heterocycles. The van der Waals surface area contributed by atoms with Crippen molar-refractivity contribution in [1.29, 1.82) is 0 Å². The SMILES string of the molecule is C=CC(=O)N1C[C@H](c2ccc3ncnc(Nc4ccc(Oc5ccn6ncnc6c5)c(C)c4F)c3n2)CC1C1CC1. The van der Waals surface area contributed by atoms with Crippen molar-refractivity contribution in [2.75, 3.05) is 11.9 Å². The molecule has 1 N–H and O–H groups in total. The van der Waals surface area contributed by atoms with E-state index >= 15 is 4.39 Å². The Morgan fingerprint density at radius 1 is 1.15 bits per heavy atom. The monoisotopic (exact) mass is 550 g/mol. The van der Waals surface area contributed by atoms with E-state index in [0.29, 0.717) is 52.0 Å². The van der Waals surface area contributed by atoms with Crippen molar-refractivity contribution in [3.8, 4) is 11.5 Å². The molecule has 1 saturated heterocycles. The maximum absolute atomic E-state index is 15.6. The lowest BCUT2D eigenvalue weighted by atomic mass is 9.99. The van der Waals surface area contributed by atoms with Crippen LogP contribution in [0.15, 0.2) is 67.9 Å². The van der Waals surface area contributed by atoms with E-state index in [1.54, 1.807) is 41.9 Å². The molecule has 0 radical (unpaired) electrons. The van der Waals surface area contributed by atoms with Crippen molar-refractivity contribution in [3.63, 3.8) is 0 Å². The van der Waals surface area contributed by atoms with Crippen LogP contribution in [0.25, 0.3) is 16.7 Å². The van der Waals surface area contributed by atoms with Crippen molar-refractivity contribution in [2.24, 2.45) is 5.92 Å². The van der Waals surface area contributed by atoms with Crippen molar-refractivity contribution < 1.29 is 13.9 Å². The highest BCUT2D eigenvalue weighted by Crippen LogP contribution is 2.44. The highest BCUT2D eigenvalue weighted by molar-refractivity contribution is 5.88. The van der Waals surface area contributed by atoms with Crippen molar-refractivity contribution >= 4 is 34.1 Å². The van der Waals surface area contributed by atoms with E-state index in [0.717, 1.165) is 25.0 Å². The number of benzene rings is 1. The molecule has 0 bridgehead atoms. The third-order valence-corrected chi connectivity index (χ3v) is 7.96. The van der Waals surface area contributed by atoms with Gasteiger partial charge in [-0.1, -0.05) is 6.58 Å². The first kappa shape index (κ1) is 25.1. The number of fused-ring (bicyclic) bond motifs is 2. The molecular weight excluding hydrogens is 523 g/mol. The molecule has 2 aliphatic rings. The molecule has 206 valence electrons. The average Bonchev–Trinajstić information content (AvgIpc) is 3.56. The molecule has 4 aromatic heterocycles. The van der Waals surface area contributed by atoms with E-state index < -0.39 is 5.82 Å². The average molecular weight is 551 g/mol. The van der Waals surface area contributed by atoms with Crippen LogP contribution in [0.1, 0.15) is 36.4 Å². The largest absolute Gasteiger partial charge is 0.457 e. The van der Waals surface area contributed by atoms with E-state index in [1.165, 1.54) is 18.7 Å². The first-order chi connectivity index (χ1) is 20.0. The van der Waals surface area contributed by atoms with Gasteiger partial charge in [0, 0.05) is 42.0 Å². The van der Waals surface area contributed by atoms with Gasteiger partial charge in [0.1, 0.15) is 29.7 Å². The zero-order valence-electron chi connectivity index (χ0n) is 22.4. The number of rotatable bonds is 7. The molecular formula is C30H27FN8O2. The molecule has 1 amide bonds. The predicted octanol–water partition coefficient (Wildman–Crippen LogP) is 5.33. The quantitative estimate of drug-likeness (QED) is 0.271. The van der Waals surface area contributed by atoms with E-state index in [-0.39, 0.29) is 23.6 Å². The van der Waals surface area contributed by atoms with E-state index in [2.05, 4.69) is 31.9 Å². The zero-order chi connectivity index (χ0) is 28.1. The third-order valence-electron chi connectivity index (χ3n) is 7.96. The number of amides is 1. The smallest absolute Gasteiger partial charge is 0.246 e. The standard InChI is InChI=1S/C30H27FN8O2/c1-3-27(40)38-14-19(12-24(38)18-4-5-18)21-6-7-23-29(36-21)30(34-15-32-23)37-22-8-9-25(17(2)28(22)31)41-20-10-11-39-26(13-20)33-16-35-39/h3,6-11,13,15-16,18-19,24H,1,4-5,12,14H2,2H3,(H,32,34,37)/t19-,24?/m1/s1. The minimum atomic E-state index is -0.462. The molecule has 1 aliphatic heterocycles. The maximum atomic E-state index is 15.6. The summed E-state index contributed by atoms with van der Waals surface area (Å²) in [6, 6.07) is 10.9. The van der Waals surface area contributed by atoms with Crippen molar-refractivity contribution in [3.05, 3.63) is 85.0 Å². The highest BCUT2D eigenvalue weighted by atomic mass is 19.1. The summed E-state index contributed by atoms with van der Waals surface area (Å²) in [5.41, 5.74) is 3.26. The summed E-state index contributed by atoms with van der Waals surface area (Å²) >= 11 is 0. The van der Waals surface area contributed by atoms with E-state index in [9.17, 15) is 4.79 Å². The number of likely N-dealkylation sites (tertiary alicyclic amines) is 1. The zero-order valence-corrected chi connectivity index (χ0v) is 22.4. The number of aromatic nitrogens is 6. The Kier molecular flexibility index (Phi) is 6.06. The van der Waals surface area contributed by atoms with Gasteiger partial charge in [0.25, 0.3) is 0 Å². The molecule has 1 unspecified atom stereocenters. The number of hydrogen-bond donors (Lipinski definition) is 1. The van der Waals surface area contributed by atoms with Crippen LogP contribution >= 0.6 is 0 Å². The number of hydrogen-bond acceptors (Lipinski definition) is 8. The number of carbonyl (C=O) groups is 1. The molecule has 2 atom stereocenters. The van der Waals surface area contributed by atoms with Crippen LogP contribution in [0.3, 0.4) is 0 Å². The van der Waals surface area contributed by atoms with Crippen LogP contribution in [0.2, 0.25) is 0 Å². The number of halogens is 1. The number of ether oxygens (including phenoxy) is 1. The Labute approximate surface area is 234 Å². The van der Waals surface area contributed by atoms with Crippen LogP contribution in [-0.4, -0.2) is 52.9 Å². The highest BCUT2D eigenvalue weighted by Gasteiger charge is 2.44. The molecule has 1 saturated carbocycles. The fourth-order valence-corrected chi connectivity index (χ4v) is 5.64. The predicted molar refractivity (Wildman–Crippen MR) is 151 cm³/mol. The normalized spacial score (nSPS) is 18.6. The number of pyridine rings is 2. The number of nitrogens with one attached hydrogen (secondary N) is 1. The fourth-order valence-electron chi connectivity index (χ4n) is 5.64. The van der Waals surface area contributed by atoms with Gasteiger partial charge in [-0.3, -0.25) is 4.79 Å². The molecule has 5 aromatic rings. The lowest BCUT2D eigenvalue weighted by Gasteiger charge is -2.22. The summed E-state index contributed by atoms with van der Waals surface area (Å²) in [5, 5.41) is 7.19. The van der Waals surface area contributed by atoms with Gasteiger partial charge in [0.15, 0.2) is 17.3 Å². The van der Waals surface area contributed by atoms with Gasteiger partial charge in [-0.2, -0.15) is 5.10 Å². The lowest BCUT2D eigenvalue weighted by Crippen LogP contribution is -2.35. The molecule has 2 fully saturated rings. The van der Waals surface area contributed by atoms with Gasteiger partial charge in [-0.25, -0.2) is 28.8 Å². The minimum absolute atomic E-state index is 0.0340. The first-order valence-electron chi connectivity index (χ1n) is 13.6. The number of anilines is 2. The van der Waals surface area contributed by atoms with Gasteiger partial charge in [0.05, 0.1) is 11.2 Å². The van der Waals surface area contributed by atoms with Crippen LogP contribution in [0, 0.1) is 18.7 Å². The van der Waals surface area contributed by atoms with Crippen LogP contribution in [0.5, 0.6) is 11.5 Å². The first-order valence-corrected chi connectivity index (χ1v) is 13.6.